The zero-order chi connectivity index (χ0) is 20.0. The Bertz CT molecular complexity index is 674. The average molecular weight is 406 g/mol. The van der Waals surface area contributed by atoms with E-state index in [0.717, 1.165) is 24.2 Å². The van der Waals surface area contributed by atoms with Gasteiger partial charge in [-0.1, -0.05) is 31.4 Å². The zero-order valence-corrected chi connectivity index (χ0v) is 15.9. The molecule has 27 heavy (non-hydrogen) atoms. The monoisotopic (exact) mass is 405 g/mol. The lowest BCUT2D eigenvalue weighted by Crippen LogP contribution is -2.52. The molecule has 0 radical (unpaired) electrons. The average Bonchev–Trinajstić information content (AvgIpc) is 2.61. The van der Waals surface area contributed by atoms with E-state index in [2.05, 4.69) is 12.2 Å². The third kappa shape index (κ3) is 6.02. The molecule has 9 heteroatoms. The van der Waals surface area contributed by atoms with Crippen LogP contribution in [0.2, 0.25) is 5.02 Å². The molecule has 0 saturated carbocycles. The third-order valence-electron chi connectivity index (χ3n) is 4.39. The van der Waals surface area contributed by atoms with Gasteiger partial charge in [0.15, 0.2) is 0 Å². The Morgan fingerprint density at radius 2 is 1.81 bits per heavy atom. The van der Waals surface area contributed by atoms with Gasteiger partial charge in [-0.25, -0.2) is 0 Å². The molecule has 1 aromatic carbocycles. The van der Waals surface area contributed by atoms with E-state index in [1.807, 2.05) is 4.90 Å². The molecule has 1 saturated heterocycles. The van der Waals surface area contributed by atoms with Crippen LogP contribution in [0.1, 0.15) is 32.6 Å². The van der Waals surface area contributed by atoms with Crippen LogP contribution >= 0.6 is 11.6 Å². The standard InChI is InChI=1S/C18H23ClF3N3O2/c1-2-3-4-5-16(26)23-14-12-13(19)6-7-15(14)24-8-10-25(11-9-24)17(27)18(20,21)22/h6-7,12H,2-5,8-11H2,1H3,(H,23,26). The second-order valence-corrected chi connectivity index (χ2v) is 6.88. The van der Waals surface area contributed by atoms with Crippen LogP contribution in [0.5, 0.6) is 0 Å². The van der Waals surface area contributed by atoms with Crippen LogP contribution in [0.25, 0.3) is 0 Å². The van der Waals surface area contributed by atoms with E-state index in [9.17, 15) is 22.8 Å². The maximum absolute atomic E-state index is 12.6. The van der Waals surface area contributed by atoms with Crippen molar-refractivity contribution in [2.24, 2.45) is 0 Å². The van der Waals surface area contributed by atoms with Crippen molar-refractivity contribution in [1.82, 2.24) is 4.90 Å². The lowest BCUT2D eigenvalue weighted by Gasteiger charge is -2.37. The number of nitrogens with one attached hydrogen (secondary N) is 1. The maximum atomic E-state index is 12.6. The molecular weight excluding hydrogens is 383 g/mol. The van der Waals surface area contributed by atoms with E-state index in [1.54, 1.807) is 18.2 Å². The van der Waals surface area contributed by atoms with Crippen molar-refractivity contribution in [3.05, 3.63) is 23.2 Å². The minimum atomic E-state index is -4.86. The van der Waals surface area contributed by atoms with Crippen LogP contribution in [-0.4, -0.2) is 49.1 Å². The molecule has 2 amide bonds. The van der Waals surface area contributed by atoms with Crippen LogP contribution in [-0.2, 0) is 9.59 Å². The van der Waals surface area contributed by atoms with E-state index in [1.165, 1.54) is 0 Å². The normalized spacial score (nSPS) is 15.0. The first-order valence-electron chi connectivity index (χ1n) is 8.92. The molecule has 1 N–H and O–H groups in total. The predicted octanol–water partition coefficient (Wildman–Crippen LogP) is 4.07. The number of hydrogen-bond donors (Lipinski definition) is 1. The molecule has 0 spiro atoms. The Morgan fingerprint density at radius 1 is 1.15 bits per heavy atom. The molecule has 1 aliphatic heterocycles. The predicted molar refractivity (Wildman–Crippen MR) is 99.1 cm³/mol. The Morgan fingerprint density at radius 3 is 2.41 bits per heavy atom. The van der Waals surface area contributed by atoms with Crippen molar-refractivity contribution in [3.8, 4) is 0 Å². The number of nitrogens with zero attached hydrogens (tertiary/aromatic N) is 2. The molecule has 1 fully saturated rings. The van der Waals surface area contributed by atoms with Crippen molar-refractivity contribution >= 4 is 34.8 Å². The number of halogens is 4. The van der Waals surface area contributed by atoms with Crippen molar-refractivity contribution < 1.29 is 22.8 Å². The molecule has 5 nitrogen and oxygen atoms in total. The summed E-state index contributed by atoms with van der Waals surface area (Å²) in [6, 6.07) is 5.02. The Hall–Kier alpha value is -1.96. The second kappa shape index (κ2) is 9.30. The van der Waals surface area contributed by atoms with E-state index in [4.69, 9.17) is 11.6 Å². The lowest BCUT2D eigenvalue weighted by atomic mass is 10.1. The number of anilines is 2. The molecule has 1 aliphatic rings. The quantitative estimate of drug-likeness (QED) is 0.726. The van der Waals surface area contributed by atoms with Gasteiger partial charge in [-0.3, -0.25) is 9.59 Å². The van der Waals surface area contributed by atoms with Crippen LogP contribution in [0.4, 0.5) is 24.5 Å². The van der Waals surface area contributed by atoms with Gasteiger partial charge in [-0.2, -0.15) is 13.2 Å². The number of rotatable bonds is 6. The van der Waals surface area contributed by atoms with Gasteiger partial charge in [-0.05, 0) is 24.6 Å². The summed E-state index contributed by atoms with van der Waals surface area (Å²) >= 11 is 6.03. The summed E-state index contributed by atoms with van der Waals surface area (Å²) in [5.74, 6) is -1.94. The Kier molecular flexibility index (Phi) is 7.35. The highest BCUT2D eigenvalue weighted by molar-refractivity contribution is 6.31. The van der Waals surface area contributed by atoms with Gasteiger partial charge < -0.3 is 15.1 Å². The van der Waals surface area contributed by atoms with Crippen LogP contribution < -0.4 is 10.2 Å². The number of benzene rings is 1. The molecule has 0 unspecified atom stereocenters. The summed E-state index contributed by atoms with van der Waals surface area (Å²) in [7, 11) is 0. The number of piperazine rings is 1. The molecular formula is C18H23ClF3N3O2. The van der Waals surface area contributed by atoms with Crippen LogP contribution in [0.15, 0.2) is 18.2 Å². The largest absolute Gasteiger partial charge is 0.471 e. The molecule has 150 valence electrons. The van der Waals surface area contributed by atoms with Crippen LogP contribution in [0, 0.1) is 0 Å². The molecule has 1 aromatic rings. The van der Waals surface area contributed by atoms with Gasteiger partial charge in [0.2, 0.25) is 5.91 Å². The van der Waals surface area contributed by atoms with Gasteiger partial charge in [0, 0.05) is 37.6 Å². The van der Waals surface area contributed by atoms with Crippen molar-refractivity contribution in [2.75, 3.05) is 36.4 Å². The van der Waals surface area contributed by atoms with E-state index < -0.39 is 12.1 Å². The summed E-state index contributed by atoms with van der Waals surface area (Å²) in [6.07, 6.45) is -1.70. The second-order valence-electron chi connectivity index (χ2n) is 6.44. The number of amides is 2. The molecule has 0 aromatic heterocycles. The first kappa shape index (κ1) is 21.3. The number of hydrogen-bond acceptors (Lipinski definition) is 3. The number of alkyl halides is 3. The number of carbonyl (C=O) groups excluding carboxylic acids is 2. The summed E-state index contributed by atoms with van der Waals surface area (Å²) in [5, 5.41) is 3.29. The van der Waals surface area contributed by atoms with E-state index in [0.29, 0.717) is 22.8 Å². The van der Waals surface area contributed by atoms with E-state index >= 15 is 0 Å². The summed E-state index contributed by atoms with van der Waals surface area (Å²) in [6.45, 7) is 2.45. The fourth-order valence-electron chi connectivity index (χ4n) is 2.96. The van der Waals surface area contributed by atoms with Gasteiger partial charge in [0.05, 0.1) is 11.4 Å². The Balaban J connectivity index is 2.04. The summed E-state index contributed by atoms with van der Waals surface area (Å²) in [5.41, 5.74) is 1.21. The fraction of sp³-hybridized carbons (Fsp3) is 0.556. The highest BCUT2D eigenvalue weighted by atomic mass is 35.5. The molecule has 0 bridgehead atoms. The van der Waals surface area contributed by atoms with Crippen LogP contribution in [0.3, 0.4) is 0 Å². The first-order chi connectivity index (χ1) is 12.7. The van der Waals surface area contributed by atoms with Gasteiger partial charge >= 0.3 is 12.1 Å². The van der Waals surface area contributed by atoms with Crippen molar-refractivity contribution in [3.63, 3.8) is 0 Å². The smallest absolute Gasteiger partial charge is 0.366 e. The lowest BCUT2D eigenvalue weighted by molar-refractivity contribution is -0.185. The van der Waals surface area contributed by atoms with Crippen molar-refractivity contribution in [2.45, 2.75) is 38.8 Å². The first-order valence-corrected chi connectivity index (χ1v) is 9.30. The summed E-state index contributed by atoms with van der Waals surface area (Å²) < 4.78 is 37.7. The van der Waals surface area contributed by atoms with Gasteiger partial charge in [-0.15, -0.1) is 0 Å². The molecule has 0 aliphatic carbocycles. The van der Waals surface area contributed by atoms with Crippen molar-refractivity contribution in [1.29, 1.82) is 0 Å². The SMILES string of the molecule is CCCCCC(=O)Nc1cc(Cl)ccc1N1CCN(C(=O)C(F)(F)F)CC1. The van der Waals surface area contributed by atoms with Gasteiger partial charge in [0.1, 0.15) is 0 Å². The topological polar surface area (TPSA) is 52.7 Å². The number of carbonyl (C=O) groups is 2. The minimum absolute atomic E-state index is 0.0368. The van der Waals surface area contributed by atoms with E-state index in [-0.39, 0.29) is 32.1 Å². The molecule has 0 atom stereocenters. The fourth-order valence-corrected chi connectivity index (χ4v) is 3.13. The maximum Gasteiger partial charge on any atom is 0.471 e. The number of unbranched alkanes of at least 4 members (excludes halogenated alkanes) is 2. The molecule has 2 rings (SSSR count). The highest BCUT2D eigenvalue weighted by Gasteiger charge is 2.43. The Labute approximate surface area is 161 Å². The highest BCUT2D eigenvalue weighted by Crippen LogP contribution is 2.31. The minimum Gasteiger partial charge on any atom is -0.366 e. The molecule has 1 heterocycles. The zero-order valence-electron chi connectivity index (χ0n) is 15.1. The summed E-state index contributed by atoms with van der Waals surface area (Å²) in [4.78, 5) is 26.1. The van der Waals surface area contributed by atoms with Gasteiger partial charge in [0.25, 0.3) is 0 Å². The third-order valence-corrected chi connectivity index (χ3v) is 4.63.